The number of hydrogen-bond acceptors (Lipinski definition) is 3. The van der Waals surface area contributed by atoms with E-state index in [4.69, 9.17) is 27.9 Å². The average molecular weight is 343 g/mol. The molecule has 2 amide bonds. The van der Waals surface area contributed by atoms with Crippen LogP contribution in [0.2, 0.25) is 10.0 Å². The Morgan fingerprint density at radius 1 is 1.18 bits per heavy atom. The first kappa shape index (κ1) is 15.6. The molecule has 2 aliphatic rings. The van der Waals surface area contributed by atoms with E-state index in [0.29, 0.717) is 41.9 Å². The topological polar surface area (TPSA) is 49.9 Å². The largest absolute Gasteiger partial charge is 0.378 e. The summed E-state index contributed by atoms with van der Waals surface area (Å²) in [6.07, 6.45) is 0. The van der Waals surface area contributed by atoms with Crippen LogP contribution in [-0.2, 0) is 9.53 Å². The zero-order chi connectivity index (χ0) is 15.9. The number of nitrogens with zero attached hydrogens (tertiary/aromatic N) is 2. The van der Waals surface area contributed by atoms with Gasteiger partial charge in [-0.1, -0.05) is 23.2 Å². The Hall–Kier alpha value is -1.30. The molecule has 1 aromatic rings. The molecule has 3 rings (SSSR count). The minimum absolute atomic E-state index is 0.0296. The molecule has 2 fully saturated rings. The lowest BCUT2D eigenvalue weighted by Crippen LogP contribution is -2.45. The summed E-state index contributed by atoms with van der Waals surface area (Å²) < 4.78 is 5.53. The SMILES string of the molecule is CN1C(=O)[C@H]2COC[C@@H]1CN(C(=O)c1cc(Cl)cc(Cl)c1)C2. The number of rotatable bonds is 1. The second-order valence-electron chi connectivity index (χ2n) is 5.71. The zero-order valence-corrected chi connectivity index (χ0v) is 13.6. The third kappa shape index (κ3) is 2.93. The van der Waals surface area contributed by atoms with Crippen molar-refractivity contribution in [2.75, 3.05) is 33.4 Å². The molecule has 2 atom stereocenters. The second-order valence-corrected chi connectivity index (χ2v) is 6.58. The molecule has 0 spiro atoms. The molecule has 118 valence electrons. The molecule has 7 heteroatoms. The predicted octanol–water partition coefficient (Wildman–Crippen LogP) is 1.92. The third-order valence-corrected chi connectivity index (χ3v) is 4.58. The maximum atomic E-state index is 12.7. The van der Waals surface area contributed by atoms with Crippen molar-refractivity contribution in [2.24, 2.45) is 5.92 Å². The van der Waals surface area contributed by atoms with E-state index in [1.54, 1.807) is 35.0 Å². The van der Waals surface area contributed by atoms with Crippen molar-refractivity contribution in [1.29, 1.82) is 0 Å². The molecule has 0 radical (unpaired) electrons. The van der Waals surface area contributed by atoms with E-state index in [9.17, 15) is 9.59 Å². The summed E-state index contributed by atoms with van der Waals surface area (Å²) in [4.78, 5) is 28.4. The summed E-state index contributed by atoms with van der Waals surface area (Å²) in [5, 5.41) is 0.838. The highest BCUT2D eigenvalue weighted by molar-refractivity contribution is 6.35. The fraction of sp³-hybridized carbons (Fsp3) is 0.467. The molecule has 0 saturated carbocycles. The van der Waals surface area contributed by atoms with Crippen molar-refractivity contribution < 1.29 is 14.3 Å². The normalized spacial score (nSPS) is 25.1. The van der Waals surface area contributed by atoms with Crippen molar-refractivity contribution >= 4 is 35.0 Å². The van der Waals surface area contributed by atoms with Crippen molar-refractivity contribution in [3.63, 3.8) is 0 Å². The Morgan fingerprint density at radius 3 is 2.55 bits per heavy atom. The molecular formula is C15H16Cl2N2O3. The highest BCUT2D eigenvalue weighted by Crippen LogP contribution is 2.24. The summed E-state index contributed by atoms with van der Waals surface area (Å²) in [6.45, 7) is 1.59. The van der Waals surface area contributed by atoms with Gasteiger partial charge in [0.2, 0.25) is 5.91 Å². The van der Waals surface area contributed by atoms with E-state index >= 15 is 0 Å². The van der Waals surface area contributed by atoms with Gasteiger partial charge >= 0.3 is 0 Å². The minimum atomic E-state index is -0.323. The van der Waals surface area contributed by atoms with Crippen molar-refractivity contribution in [1.82, 2.24) is 9.80 Å². The minimum Gasteiger partial charge on any atom is -0.378 e. The Kier molecular flexibility index (Phi) is 4.30. The fourth-order valence-corrected chi connectivity index (χ4v) is 3.45. The molecule has 1 aromatic carbocycles. The van der Waals surface area contributed by atoms with Crippen LogP contribution in [0.3, 0.4) is 0 Å². The molecule has 0 unspecified atom stereocenters. The van der Waals surface area contributed by atoms with Crippen LogP contribution >= 0.6 is 23.2 Å². The lowest BCUT2D eigenvalue weighted by molar-refractivity contribution is -0.133. The van der Waals surface area contributed by atoms with Gasteiger partial charge in [0.1, 0.15) is 0 Å². The summed E-state index contributed by atoms with van der Waals surface area (Å²) in [6, 6.07) is 4.65. The number of likely N-dealkylation sites (N-methyl/N-ethyl adjacent to an activating group) is 1. The zero-order valence-electron chi connectivity index (χ0n) is 12.1. The van der Waals surface area contributed by atoms with E-state index in [2.05, 4.69) is 0 Å². The summed E-state index contributed by atoms with van der Waals surface area (Å²) in [5.41, 5.74) is 0.438. The number of halogens is 2. The molecule has 0 N–H and O–H groups in total. The lowest BCUT2D eigenvalue weighted by Gasteiger charge is -2.29. The monoisotopic (exact) mass is 342 g/mol. The standard InChI is InChI=1S/C15H16Cl2N2O3/c1-18-13-6-19(5-10(14(18)20)7-22-8-13)15(21)9-2-11(16)4-12(17)3-9/h2-4,10,13H,5-8H2,1H3/t10-,13+/m1/s1. The second kappa shape index (κ2) is 6.07. The summed E-state index contributed by atoms with van der Waals surface area (Å²) in [5.74, 6) is -0.456. The Bertz CT molecular complexity index is 603. The molecule has 2 saturated heterocycles. The van der Waals surface area contributed by atoms with Gasteiger partial charge in [0.15, 0.2) is 0 Å². The maximum Gasteiger partial charge on any atom is 0.254 e. The lowest BCUT2D eigenvalue weighted by atomic mass is 10.1. The highest BCUT2D eigenvalue weighted by Gasteiger charge is 2.38. The highest BCUT2D eigenvalue weighted by atomic mass is 35.5. The fourth-order valence-electron chi connectivity index (χ4n) is 2.92. The quantitative estimate of drug-likeness (QED) is 0.783. The van der Waals surface area contributed by atoms with Gasteiger partial charge in [0.05, 0.1) is 25.2 Å². The molecule has 2 heterocycles. The molecule has 0 aromatic heterocycles. The number of hydrogen-bond donors (Lipinski definition) is 0. The van der Waals surface area contributed by atoms with Crippen molar-refractivity contribution in [3.05, 3.63) is 33.8 Å². The Labute approximate surface area is 138 Å². The first-order valence-corrected chi connectivity index (χ1v) is 7.81. The van der Waals surface area contributed by atoms with Crippen LogP contribution in [0.25, 0.3) is 0 Å². The van der Waals surface area contributed by atoms with Gasteiger partial charge in [-0.3, -0.25) is 9.59 Å². The summed E-state index contributed by atoms with van der Waals surface area (Å²) >= 11 is 11.9. The Balaban J connectivity index is 1.88. The van der Waals surface area contributed by atoms with Crippen molar-refractivity contribution in [3.8, 4) is 0 Å². The number of benzene rings is 1. The number of carbonyl (C=O) groups excluding carboxylic acids is 2. The third-order valence-electron chi connectivity index (χ3n) is 4.14. The van der Waals surface area contributed by atoms with E-state index < -0.39 is 0 Å². The van der Waals surface area contributed by atoms with Gasteiger partial charge in [0.25, 0.3) is 5.91 Å². The number of fused-ring (bicyclic) bond motifs is 3. The van der Waals surface area contributed by atoms with Gasteiger partial charge in [-0.2, -0.15) is 0 Å². The number of ether oxygens (including phenoxy) is 1. The molecule has 5 nitrogen and oxygen atoms in total. The van der Waals surface area contributed by atoms with Crippen LogP contribution in [0.5, 0.6) is 0 Å². The predicted molar refractivity (Wildman–Crippen MR) is 83.2 cm³/mol. The average Bonchev–Trinajstić information content (AvgIpc) is 2.63. The van der Waals surface area contributed by atoms with Gasteiger partial charge in [-0.15, -0.1) is 0 Å². The van der Waals surface area contributed by atoms with Crippen molar-refractivity contribution in [2.45, 2.75) is 6.04 Å². The first-order valence-electron chi connectivity index (χ1n) is 7.05. The van der Waals surface area contributed by atoms with E-state index in [0.717, 1.165) is 0 Å². The summed E-state index contributed by atoms with van der Waals surface area (Å²) in [7, 11) is 1.76. The molecule has 2 aliphatic heterocycles. The van der Waals surface area contributed by atoms with Gasteiger partial charge in [-0.25, -0.2) is 0 Å². The van der Waals surface area contributed by atoms with Crippen LogP contribution in [0.1, 0.15) is 10.4 Å². The number of amides is 2. The Morgan fingerprint density at radius 2 is 1.86 bits per heavy atom. The van der Waals surface area contributed by atoms with E-state index in [1.807, 2.05) is 0 Å². The van der Waals surface area contributed by atoms with Gasteiger partial charge in [-0.05, 0) is 18.2 Å². The van der Waals surface area contributed by atoms with Crippen LogP contribution in [0.4, 0.5) is 0 Å². The molecular weight excluding hydrogens is 327 g/mol. The van der Waals surface area contributed by atoms with Crippen LogP contribution in [0.15, 0.2) is 18.2 Å². The first-order chi connectivity index (χ1) is 10.5. The van der Waals surface area contributed by atoms with E-state index in [1.165, 1.54) is 0 Å². The van der Waals surface area contributed by atoms with Gasteiger partial charge < -0.3 is 14.5 Å². The number of carbonyl (C=O) groups is 2. The van der Waals surface area contributed by atoms with Gasteiger partial charge in [0, 0.05) is 35.7 Å². The molecule has 0 aliphatic carbocycles. The van der Waals surface area contributed by atoms with Crippen LogP contribution < -0.4 is 0 Å². The van der Waals surface area contributed by atoms with Crippen LogP contribution in [-0.4, -0.2) is 61.0 Å². The smallest absolute Gasteiger partial charge is 0.254 e. The maximum absolute atomic E-state index is 12.7. The molecule has 2 bridgehead atoms. The molecule has 22 heavy (non-hydrogen) atoms. The van der Waals surface area contributed by atoms with E-state index in [-0.39, 0.29) is 23.8 Å². The van der Waals surface area contributed by atoms with Crippen LogP contribution in [0, 0.1) is 5.92 Å².